The largest absolute Gasteiger partial charge is 0.317 e. The monoisotopic (exact) mass is 407 g/mol. The van der Waals surface area contributed by atoms with Crippen LogP contribution in [-0.4, -0.2) is 15.6 Å². The van der Waals surface area contributed by atoms with E-state index < -0.39 is 0 Å². The molecule has 0 atom stereocenters. The molecular formula is C22H18ClN3OS. The van der Waals surface area contributed by atoms with Crippen molar-refractivity contribution in [2.24, 2.45) is 4.99 Å². The van der Waals surface area contributed by atoms with Gasteiger partial charge in [0.2, 0.25) is 0 Å². The van der Waals surface area contributed by atoms with Gasteiger partial charge in [0.25, 0.3) is 5.91 Å². The molecule has 1 aliphatic rings. The average Bonchev–Trinajstić information content (AvgIpc) is 3.30. The van der Waals surface area contributed by atoms with Crippen LogP contribution >= 0.6 is 23.4 Å². The third-order valence-electron chi connectivity index (χ3n) is 4.39. The number of amides is 1. The van der Waals surface area contributed by atoms with E-state index in [0.717, 1.165) is 23.5 Å². The number of aryl methyl sites for hydroxylation is 1. The Bertz CT molecular complexity index is 1070. The number of amidine groups is 1. The third-order valence-corrected chi connectivity index (χ3v) is 5.55. The van der Waals surface area contributed by atoms with Gasteiger partial charge in [0, 0.05) is 22.6 Å². The number of halogens is 1. The Morgan fingerprint density at radius 3 is 2.57 bits per heavy atom. The summed E-state index contributed by atoms with van der Waals surface area (Å²) in [4.78, 5) is 17.5. The van der Waals surface area contributed by atoms with Gasteiger partial charge in [-0.05, 0) is 78.4 Å². The standard InChI is InChI=1S/C22H18ClN3OS/c1-2-15-5-9-17(10-6-15)24-22-25-21(27)20(28-22)14-19-4-3-13-26(19)18-11-7-16(23)8-12-18/h3-14H,2H2,1H3,(H,24,25,27). The summed E-state index contributed by atoms with van der Waals surface area (Å²) in [6.07, 6.45) is 4.82. The number of carbonyl (C=O) groups is 1. The number of nitrogens with zero attached hydrogens (tertiary/aromatic N) is 2. The van der Waals surface area contributed by atoms with Crippen LogP contribution in [0.1, 0.15) is 18.2 Å². The zero-order valence-corrected chi connectivity index (χ0v) is 16.8. The highest BCUT2D eigenvalue weighted by Gasteiger charge is 2.24. The van der Waals surface area contributed by atoms with Crippen LogP contribution in [0.5, 0.6) is 0 Å². The zero-order valence-electron chi connectivity index (χ0n) is 15.2. The Hall–Kier alpha value is -2.76. The summed E-state index contributed by atoms with van der Waals surface area (Å²) in [6.45, 7) is 2.12. The second kappa shape index (κ2) is 8.09. The van der Waals surface area contributed by atoms with Crippen molar-refractivity contribution in [1.29, 1.82) is 0 Å². The predicted molar refractivity (Wildman–Crippen MR) is 117 cm³/mol. The summed E-state index contributed by atoms with van der Waals surface area (Å²) in [5.74, 6) is -0.141. The molecule has 6 heteroatoms. The van der Waals surface area contributed by atoms with Crippen molar-refractivity contribution in [1.82, 2.24) is 9.88 Å². The van der Waals surface area contributed by atoms with E-state index in [1.807, 2.05) is 65.4 Å². The molecule has 2 heterocycles. The number of benzene rings is 2. The van der Waals surface area contributed by atoms with Crippen LogP contribution < -0.4 is 5.32 Å². The smallest absolute Gasteiger partial charge is 0.264 e. The fraction of sp³-hybridized carbons (Fsp3) is 0.0909. The highest BCUT2D eigenvalue weighted by atomic mass is 35.5. The van der Waals surface area contributed by atoms with Gasteiger partial charge in [-0.25, -0.2) is 4.99 Å². The number of thioether (sulfide) groups is 1. The molecule has 1 aromatic heterocycles. The van der Waals surface area contributed by atoms with Crippen molar-refractivity contribution in [2.45, 2.75) is 13.3 Å². The number of nitrogens with one attached hydrogen (secondary N) is 1. The van der Waals surface area contributed by atoms with Crippen LogP contribution in [0.15, 0.2) is 76.8 Å². The minimum absolute atomic E-state index is 0.141. The van der Waals surface area contributed by atoms with Gasteiger partial charge in [0.15, 0.2) is 5.17 Å². The predicted octanol–water partition coefficient (Wildman–Crippen LogP) is 5.58. The fourth-order valence-corrected chi connectivity index (χ4v) is 3.84. The van der Waals surface area contributed by atoms with Crippen LogP contribution in [0.25, 0.3) is 11.8 Å². The lowest BCUT2D eigenvalue weighted by Gasteiger charge is -2.06. The minimum Gasteiger partial charge on any atom is -0.317 e. The molecule has 1 amide bonds. The summed E-state index contributed by atoms with van der Waals surface area (Å²) >= 11 is 7.32. The lowest BCUT2D eigenvalue weighted by molar-refractivity contribution is -0.115. The van der Waals surface area contributed by atoms with Crippen LogP contribution in [-0.2, 0) is 11.2 Å². The molecule has 28 heavy (non-hydrogen) atoms. The molecule has 4 nitrogen and oxygen atoms in total. The van der Waals surface area contributed by atoms with E-state index >= 15 is 0 Å². The lowest BCUT2D eigenvalue weighted by atomic mass is 10.2. The van der Waals surface area contributed by atoms with Gasteiger partial charge in [-0.2, -0.15) is 0 Å². The molecule has 2 aromatic carbocycles. The van der Waals surface area contributed by atoms with Crippen LogP contribution in [0, 0.1) is 0 Å². The Morgan fingerprint density at radius 2 is 1.86 bits per heavy atom. The average molecular weight is 408 g/mol. The normalized spacial score (nSPS) is 16.7. The number of aromatic nitrogens is 1. The molecular weight excluding hydrogens is 390 g/mol. The summed E-state index contributed by atoms with van der Waals surface area (Å²) < 4.78 is 2.01. The zero-order chi connectivity index (χ0) is 19.5. The molecule has 0 saturated carbocycles. The molecule has 0 unspecified atom stereocenters. The van der Waals surface area contributed by atoms with E-state index in [4.69, 9.17) is 11.6 Å². The van der Waals surface area contributed by atoms with Crippen molar-refractivity contribution >= 4 is 46.2 Å². The number of rotatable bonds is 4. The van der Waals surface area contributed by atoms with Crippen molar-refractivity contribution in [3.05, 3.63) is 88.0 Å². The summed E-state index contributed by atoms with van der Waals surface area (Å²) in [5, 5.41) is 4.12. The van der Waals surface area contributed by atoms with Gasteiger partial charge in [0.1, 0.15) is 0 Å². The van der Waals surface area contributed by atoms with Gasteiger partial charge in [-0.3, -0.25) is 4.79 Å². The maximum absolute atomic E-state index is 12.4. The first-order valence-electron chi connectivity index (χ1n) is 8.94. The van der Waals surface area contributed by atoms with Crippen molar-refractivity contribution in [3.8, 4) is 5.69 Å². The van der Waals surface area contributed by atoms with Gasteiger partial charge < -0.3 is 9.88 Å². The molecule has 3 aromatic rings. The molecule has 0 aliphatic carbocycles. The highest BCUT2D eigenvalue weighted by Crippen LogP contribution is 2.29. The van der Waals surface area contributed by atoms with E-state index in [9.17, 15) is 4.79 Å². The molecule has 0 radical (unpaired) electrons. The summed E-state index contributed by atoms with van der Waals surface area (Å²) in [5.41, 5.74) is 3.98. The van der Waals surface area contributed by atoms with E-state index in [0.29, 0.717) is 15.1 Å². The SMILES string of the molecule is CCc1ccc(N=C2NC(=O)C(=Cc3cccn3-c3ccc(Cl)cc3)S2)cc1. The van der Waals surface area contributed by atoms with Crippen molar-refractivity contribution in [3.63, 3.8) is 0 Å². The molecule has 1 fully saturated rings. The lowest BCUT2D eigenvalue weighted by Crippen LogP contribution is -2.19. The molecule has 1 saturated heterocycles. The molecule has 4 rings (SSSR count). The van der Waals surface area contributed by atoms with Gasteiger partial charge >= 0.3 is 0 Å². The first kappa shape index (κ1) is 18.6. The molecule has 140 valence electrons. The second-order valence-electron chi connectivity index (χ2n) is 6.28. The van der Waals surface area contributed by atoms with E-state index in [-0.39, 0.29) is 5.91 Å². The highest BCUT2D eigenvalue weighted by molar-refractivity contribution is 8.18. The number of hydrogen-bond donors (Lipinski definition) is 1. The number of hydrogen-bond acceptors (Lipinski definition) is 3. The maximum Gasteiger partial charge on any atom is 0.264 e. The Labute approximate surface area is 172 Å². The quantitative estimate of drug-likeness (QED) is 0.573. The van der Waals surface area contributed by atoms with Crippen molar-refractivity contribution < 1.29 is 4.79 Å². The van der Waals surface area contributed by atoms with Crippen molar-refractivity contribution in [2.75, 3.05) is 0 Å². The maximum atomic E-state index is 12.4. The van der Waals surface area contributed by atoms with Gasteiger partial charge in [0.05, 0.1) is 10.6 Å². The first-order chi connectivity index (χ1) is 13.6. The molecule has 0 spiro atoms. The van der Waals surface area contributed by atoms with Gasteiger partial charge in [-0.1, -0.05) is 30.7 Å². The Balaban J connectivity index is 1.58. The molecule has 1 aliphatic heterocycles. The van der Waals surface area contributed by atoms with Crippen LogP contribution in [0.4, 0.5) is 5.69 Å². The fourth-order valence-electron chi connectivity index (χ4n) is 2.89. The number of carbonyl (C=O) groups excluding carboxylic acids is 1. The summed E-state index contributed by atoms with van der Waals surface area (Å²) in [6, 6.07) is 19.5. The topological polar surface area (TPSA) is 46.4 Å². The molecule has 1 N–H and O–H groups in total. The first-order valence-corrected chi connectivity index (χ1v) is 10.1. The Morgan fingerprint density at radius 1 is 1.11 bits per heavy atom. The Kier molecular flexibility index (Phi) is 5.37. The summed E-state index contributed by atoms with van der Waals surface area (Å²) in [7, 11) is 0. The van der Waals surface area contributed by atoms with Crippen LogP contribution in [0.3, 0.4) is 0 Å². The van der Waals surface area contributed by atoms with E-state index in [1.165, 1.54) is 17.3 Å². The molecule has 0 bridgehead atoms. The van der Waals surface area contributed by atoms with E-state index in [2.05, 4.69) is 29.4 Å². The van der Waals surface area contributed by atoms with Gasteiger partial charge in [-0.15, -0.1) is 0 Å². The number of aliphatic imine (C=N–C) groups is 1. The third kappa shape index (κ3) is 4.06. The minimum atomic E-state index is -0.141. The van der Waals surface area contributed by atoms with E-state index in [1.54, 1.807) is 0 Å². The van der Waals surface area contributed by atoms with Crippen LogP contribution in [0.2, 0.25) is 5.02 Å². The second-order valence-corrected chi connectivity index (χ2v) is 7.75.